The lowest BCUT2D eigenvalue weighted by Crippen LogP contribution is -2.46. The van der Waals surface area contributed by atoms with Crippen LogP contribution in [0, 0.1) is 0 Å². The minimum atomic E-state index is -0.187. The molecule has 0 aliphatic carbocycles. The zero-order chi connectivity index (χ0) is 18.4. The first-order valence-electron chi connectivity index (χ1n) is 8.67. The fourth-order valence-electron chi connectivity index (χ4n) is 2.75. The van der Waals surface area contributed by atoms with E-state index in [1.807, 2.05) is 54.6 Å². The van der Waals surface area contributed by atoms with Gasteiger partial charge in [0.25, 0.3) is 5.91 Å². The number of nitrogens with one attached hydrogen (secondary N) is 1. The molecular weight excluding hydrogens is 346 g/mol. The van der Waals surface area contributed by atoms with Crippen molar-refractivity contribution in [1.82, 2.24) is 9.80 Å². The normalized spacial score (nSPS) is 14.7. The third-order valence-corrected chi connectivity index (χ3v) is 4.81. The summed E-state index contributed by atoms with van der Waals surface area (Å²) in [4.78, 5) is 17.3. The number of ether oxygens (including phenoxy) is 1. The van der Waals surface area contributed by atoms with Gasteiger partial charge in [0.2, 0.25) is 0 Å². The molecule has 0 aromatic heterocycles. The standard InChI is InChI=1S/C20H23N3O2S/c1-22-11-13-23(14-12-22)20(26)16-7-9-18(10-8-16)25-15-19(24)21-17-5-3-2-4-6-17/h2-10H,11-15H2,1H3,(H,21,24). The highest BCUT2D eigenvalue weighted by Crippen LogP contribution is 2.16. The van der Waals surface area contributed by atoms with Crippen molar-refractivity contribution < 1.29 is 9.53 Å². The number of hydrogen-bond donors (Lipinski definition) is 1. The Morgan fingerprint density at radius 1 is 1.04 bits per heavy atom. The Bertz CT molecular complexity index is 741. The summed E-state index contributed by atoms with van der Waals surface area (Å²) in [5.41, 5.74) is 1.76. The second-order valence-corrected chi connectivity index (χ2v) is 6.71. The van der Waals surface area contributed by atoms with Gasteiger partial charge in [0, 0.05) is 37.4 Å². The lowest BCUT2D eigenvalue weighted by molar-refractivity contribution is -0.118. The van der Waals surface area contributed by atoms with E-state index in [0.29, 0.717) is 5.75 Å². The summed E-state index contributed by atoms with van der Waals surface area (Å²) >= 11 is 5.60. The van der Waals surface area contributed by atoms with Gasteiger partial charge < -0.3 is 19.9 Å². The molecule has 1 amide bonds. The summed E-state index contributed by atoms with van der Waals surface area (Å²) in [6, 6.07) is 16.9. The van der Waals surface area contributed by atoms with Gasteiger partial charge in [-0.1, -0.05) is 30.4 Å². The fraction of sp³-hybridized carbons (Fsp3) is 0.300. The third-order valence-electron chi connectivity index (χ3n) is 4.32. The maximum Gasteiger partial charge on any atom is 0.262 e. The number of thiocarbonyl (C=S) groups is 1. The molecule has 0 unspecified atom stereocenters. The SMILES string of the molecule is CN1CCN(C(=S)c2ccc(OCC(=O)Nc3ccccc3)cc2)CC1. The quantitative estimate of drug-likeness (QED) is 0.821. The van der Waals surface area contributed by atoms with Crippen LogP contribution in [0.15, 0.2) is 54.6 Å². The van der Waals surface area contributed by atoms with E-state index in [2.05, 4.69) is 22.2 Å². The number of hydrogen-bond acceptors (Lipinski definition) is 4. The third kappa shape index (κ3) is 5.03. The van der Waals surface area contributed by atoms with Gasteiger partial charge in [-0.2, -0.15) is 0 Å². The van der Waals surface area contributed by atoms with Gasteiger partial charge in [0.15, 0.2) is 6.61 Å². The summed E-state index contributed by atoms with van der Waals surface area (Å²) in [5, 5.41) is 2.79. The Hall–Kier alpha value is -2.44. The van der Waals surface area contributed by atoms with Crippen molar-refractivity contribution >= 4 is 28.8 Å². The van der Waals surface area contributed by atoms with E-state index in [9.17, 15) is 4.79 Å². The molecular formula is C20H23N3O2S. The van der Waals surface area contributed by atoms with Crippen LogP contribution in [0.5, 0.6) is 5.75 Å². The molecule has 0 saturated carbocycles. The maximum atomic E-state index is 11.9. The van der Waals surface area contributed by atoms with E-state index < -0.39 is 0 Å². The Morgan fingerprint density at radius 3 is 2.35 bits per heavy atom. The van der Waals surface area contributed by atoms with Gasteiger partial charge in [-0.25, -0.2) is 0 Å². The molecule has 136 valence electrons. The van der Waals surface area contributed by atoms with Crippen molar-refractivity contribution in [2.45, 2.75) is 0 Å². The van der Waals surface area contributed by atoms with Crippen LogP contribution in [-0.2, 0) is 4.79 Å². The Morgan fingerprint density at radius 2 is 1.69 bits per heavy atom. The van der Waals surface area contributed by atoms with Crippen molar-refractivity contribution in [1.29, 1.82) is 0 Å². The van der Waals surface area contributed by atoms with Crippen LogP contribution in [0.2, 0.25) is 0 Å². The number of rotatable bonds is 5. The number of likely N-dealkylation sites (N-methyl/N-ethyl adjacent to an activating group) is 1. The van der Waals surface area contributed by atoms with Crippen LogP contribution in [0.3, 0.4) is 0 Å². The van der Waals surface area contributed by atoms with Crippen LogP contribution >= 0.6 is 12.2 Å². The van der Waals surface area contributed by atoms with Crippen molar-refractivity contribution in [3.05, 3.63) is 60.2 Å². The molecule has 0 spiro atoms. The van der Waals surface area contributed by atoms with Crippen molar-refractivity contribution in [3.63, 3.8) is 0 Å². The van der Waals surface area contributed by atoms with Crippen LogP contribution < -0.4 is 10.1 Å². The number of anilines is 1. The predicted molar refractivity (Wildman–Crippen MR) is 108 cm³/mol. The van der Waals surface area contributed by atoms with Crippen LogP contribution in [0.25, 0.3) is 0 Å². The fourth-order valence-corrected chi connectivity index (χ4v) is 3.07. The number of para-hydroxylation sites is 1. The second-order valence-electron chi connectivity index (χ2n) is 6.32. The van der Waals surface area contributed by atoms with Gasteiger partial charge in [0.05, 0.1) is 0 Å². The minimum Gasteiger partial charge on any atom is -0.484 e. The van der Waals surface area contributed by atoms with Gasteiger partial charge in [-0.05, 0) is 43.4 Å². The molecule has 3 rings (SSSR count). The molecule has 2 aromatic rings. The molecule has 0 radical (unpaired) electrons. The number of carbonyl (C=O) groups excluding carboxylic acids is 1. The molecule has 1 heterocycles. The van der Waals surface area contributed by atoms with Gasteiger partial charge in [0.1, 0.15) is 10.7 Å². The van der Waals surface area contributed by atoms with E-state index in [1.54, 1.807) is 0 Å². The summed E-state index contributed by atoms with van der Waals surface area (Å²) in [5.74, 6) is 0.464. The molecule has 1 aliphatic heterocycles. The van der Waals surface area contributed by atoms with Gasteiger partial charge >= 0.3 is 0 Å². The number of nitrogens with zero attached hydrogens (tertiary/aromatic N) is 2. The van der Waals surface area contributed by atoms with Crippen molar-refractivity contribution in [3.8, 4) is 5.75 Å². The minimum absolute atomic E-state index is 0.0306. The van der Waals surface area contributed by atoms with E-state index in [-0.39, 0.29) is 12.5 Å². The smallest absolute Gasteiger partial charge is 0.262 e. The number of carbonyl (C=O) groups is 1. The molecule has 1 fully saturated rings. The zero-order valence-electron chi connectivity index (χ0n) is 14.9. The average Bonchev–Trinajstić information content (AvgIpc) is 2.68. The highest BCUT2D eigenvalue weighted by atomic mass is 32.1. The van der Waals surface area contributed by atoms with Crippen LogP contribution in [0.4, 0.5) is 5.69 Å². The summed E-state index contributed by atoms with van der Waals surface area (Å²) in [6.45, 7) is 3.92. The van der Waals surface area contributed by atoms with Gasteiger partial charge in [-0.3, -0.25) is 4.79 Å². The second kappa shape index (κ2) is 8.78. The number of amides is 1. The highest BCUT2D eigenvalue weighted by molar-refractivity contribution is 7.80. The number of benzene rings is 2. The lowest BCUT2D eigenvalue weighted by atomic mass is 10.2. The Kier molecular flexibility index (Phi) is 6.20. The predicted octanol–water partition coefficient (Wildman–Crippen LogP) is 2.63. The Balaban J connectivity index is 1.49. The molecule has 2 aromatic carbocycles. The molecule has 6 heteroatoms. The molecule has 0 atom stereocenters. The molecule has 1 saturated heterocycles. The summed E-state index contributed by atoms with van der Waals surface area (Å²) in [6.07, 6.45) is 0. The lowest BCUT2D eigenvalue weighted by Gasteiger charge is -2.34. The first-order valence-corrected chi connectivity index (χ1v) is 9.08. The maximum absolute atomic E-state index is 11.9. The van der Waals surface area contributed by atoms with E-state index >= 15 is 0 Å². The summed E-state index contributed by atoms with van der Waals surface area (Å²) in [7, 11) is 2.13. The van der Waals surface area contributed by atoms with Crippen LogP contribution in [0.1, 0.15) is 5.56 Å². The molecule has 1 N–H and O–H groups in total. The first kappa shape index (κ1) is 18.4. The summed E-state index contributed by atoms with van der Waals surface area (Å²) < 4.78 is 5.56. The van der Waals surface area contributed by atoms with Gasteiger partial charge in [-0.15, -0.1) is 0 Å². The van der Waals surface area contributed by atoms with E-state index in [4.69, 9.17) is 17.0 Å². The monoisotopic (exact) mass is 369 g/mol. The average molecular weight is 369 g/mol. The van der Waals surface area contributed by atoms with E-state index in [0.717, 1.165) is 42.4 Å². The van der Waals surface area contributed by atoms with E-state index in [1.165, 1.54) is 0 Å². The van der Waals surface area contributed by atoms with Crippen molar-refractivity contribution in [2.75, 3.05) is 45.2 Å². The van der Waals surface area contributed by atoms with Crippen LogP contribution in [-0.4, -0.2) is 60.5 Å². The largest absolute Gasteiger partial charge is 0.484 e. The molecule has 5 nitrogen and oxygen atoms in total. The molecule has 1 aliphatic rings. The topological polar surface area (TPSA) is 44.8 Å². The Labute approximate surface area is 159 Å². The zero-order valence-corrected chi connectivity index (χ0v) is 15.7. The first-order chi connectivity index (χ1) is 12.6. The van der Waals surface area contributed by atoms with Crippen molar-refractivity contribution in [2.24, 2.45) is 0 Å². The highest BCUT2D eigenvalue weighted by Gasteiger charge is 2.17. The molecule has 26 heavy (non-hydrogen) atoms. The molecule has 0 bridgehead atoms. The number of piperazine rings is 1.